The molecule has 9 N–H and O–H groups in total. The molecule has 0 radical (unpaired) electrons. The van der Waals surface area contributed by atoms with Gasteiger partial charge in [0.05, 0.1) is 95.4 Å². The summed E-state index contributed by atoms with van der Waals surface area (Å²) < 4.78 is 44.4. The normalized spacial score (nSPS) is 15.5. The molecule has 4 atom stereocenters. The highest BCUT2D eigenvalue weighted by atomic mass is 16.6. The molecule has 142 heavy (non-hydrogen) atoms. The van der Waals surface area contributed by atoms with Crippen LogP contribution in [0.2, 0.25) is 0 Å². The highest BCUT2D eigenvalue weighted by molar-refractivity contribution is 6.01. The summed E-state index contributed by atoms with van der Waals surface area (Å²) in [5, 5.41) is 13.3. The van der Waals surface area contributed by atoms with Gasteiger partial charge in [-0.2, -0.15) is 0 Å². The molecule has 3 aliphatic heterocycles. The fraction of sp³-hybridized carbons (Fsp3) is 0.323. The number of anilines is 4. The number of aromatic amines is 4. The van der Waals surface area contributed by atoms with E-state index in [1.54, 1.807) is 134 Å². The van der Waals surface area contributed by atoms with Crippen molar-refractivity contribution in [2.24, 2.45) is 0 Å². The molecular weight excluding hydrogens is 1820 g/mol. The van der Waals surface area contributed by atoms with E-state index in [1.807, 2.05) is 143 Å². The van der Waals surface area contributed by atoms with E-state index in [0.717, 1.165) is 146 Å². The first-order valence-electron chi connectivity index (χ1n) is 46.2. The number of ether oxygens (including phenoxy) is 8. The van der Waals surface area contributed by atoms with Crippen LogP contribution in [-0.2, 0) is 57.5 Å². The van der Waals surface area contributed by atoms with Crippen molar-refractivity contribution in [1.82, 2.24) is 129 Å². The van der Waals surface area contributed by atoms with Gasteiger partial charge in [0, 0.05) is 226 Å². The summed E-state index contributed by atoms with van der Waals surface area (Å²) in [6.45, 7) is 24.0. The summed E-state index contributed by atoms with van der Waals surface area (Å²) in [5.41, 5.74) is 18.1. The number of methoxy groups -OCH3 is 4. The largest absolute Gasteiger partial charge is 0.450 e. The standard InChI is InChI=1S/C29H34N8O4.C26H30N8O3.C26H29N7O4.C18H17N7O2/c1-5-40-27(38)35-26-33-23-16-20(15-22(24(23)34-26)25-30-9-6-10-31-25)19-7-8-21(32-17-19)18-36-11-13-37(14-12-36)28(39)41-29(2,3)4;1-4-27-26(35)33-25-31-20-11-17(10-19(23(20)32-25)24-28-8-5-9-29-24)16-6-7-18(30-12-16)13-34-14-21(36-2)22(15-34)37-3;1-4-37-26(34)32-25-30-20-11-17(10-19(23(20)31-25)24-27-8-5-9-28-24)16-6-7-18(29-12-16)13-33-14-21(35-2)22(15-33)36-3;1-3-27-18(26)24-17-22-14-8-12(25-9-11(2)21-10-25)7-13(15(14)23-17)16-19-5-4-6-20-16/h6-10,15-17H,5,11-14,18H2,1-4H3,(H2,33,34,35,38);5-12,21-22H,4,13-15H2,1-3H3,(H3,27,31,32,33,35);5-12,21-22H,4,13-15H2,1-3H3,(H2,30,31,32,34);4-10H,3H2,1-2H3,(H2,22,23,24,26)/t;2*21-,22-;/m.11./s1. The lowest BCUT2D eigenvalue weighted by Gasteiger charge is -2.35. The van der Waals surface area contributed by atoms with Crippen LogP contribution >= 0.6 is 0 Å². The minimum atomic E-state index is -0.588. The number of amides is 6. The highest BCUT2D eigenvalue weighted by Crippen LogP contribution is 2.38. The molecule has 15 heterocycles. The van der Waals surface area contributed by atoms with Gasteiger partial charge in [-0.3, -0.25) is 50.9 Å². The second-order valence-electron chi connectivity index (χ2n) is 34.1. The summed E-state index contributed by atoms with van der Waals surface area (Å²) in [6.07, 6.45) is 20.9. The molecule has 3 aliphatic rings. The fourth-order valence-electron chi connectivity index (χ4n) is 16.4. The van der Waals surface area contributed by atoms with Gasteiger partial charge in [-0.05, 0) is 163 Å². The number of carbonyl (C=O) groups is 5. The second kappa shape index (κ2) is 46.1. The minimum absolute atomic E-state index is 0.0623. The quantitative estimate of drug-likeness (QED) is 0.0227. The van der Waals surface area contributed by atoms with E-state index in [4.69, 9.17) is 52.8 Å². The zero-order chi connectivity index (χ0) is 99.3. The molecule has 0 bridgehead atoms. The zero-order valence-electron chi connectivity index (χ0n) is 80.5. The summed E-state index contributed by atoms with van der Waals surface area (Å²) in [4.78, 5) is 153. The van der Waals surface area contributed by atoms with Crippen LogP contribution < -0.4 is 26.6 Å². The molecule has 0 saturated carbocycles. The molecule has 0 unspecified atom stereocenters. The number of piperazine rings is 1. The number of rotatable bonds is 26. The Morgan fingerprint density at radius 2 is 0.725 bits per heavy atom. The molecule has 43 nitrogen and oxygen atoms in total. The van der Waals surface area contributed by atoms with Crippen molar-refractivity contribution in [3.05, 3.63) is 213 Å². The number of nitrogens with zero attached hydrogens (tertiary/aromatic N) is 21. The van der Waals surface area contributed by atoms with Crippen LogP contribution in [0.3, 0.4) is 0 Å². The van der Waals surface area contributed by atoms with Crippen molar-refractivity contribution < 1.29 is 61.9 Å². The van der Waals surface area contributed by atoms with Gasteiger partial charge in [-0.1, -0.05) is 18.2 Å². The number of hydrogen-bond acceptors (Lipinski definition) is 32. The fourth-order valence-corrected chi connectivity index (χ4v) is 16.4. The molecule has 19 rings (SSSR count). The van der Waals surface area contributed by atoms with E-state index in [0.29, 0.717) is 95.5 Å². The molecule has 4 aromatic carbocycles. The van der Waals surface area contributed by atoms with Gasteiger partial charge in [-0.25, -0.2) is 88.8 Å². The van der Waals surface area contributed by atoms with Crippen molar-refractivity contribution >= 4 is 98.3 Å². The maximum absolute atomic E-state index is 12.4. The number of aryl methyl sites for hydroxylation is 1. The summed E-state index contributed by atoms with van der Waals surface area (Å²) >= 11 is 0. The molecule has 43 heteroatoms. The zero-order valence-corrected chi connectivity index (χ0v) is 80.5. The molecule has 16 aromatic rings. The molecular formula is C99H110N30O13. The van der Waals surface area contributed by atoms with Crippen molar-refractivity contribution in [1.29, 1.82) is 0 Å². The molecule has 734 valence electrons. The number of fused-ring (bicyclic) bond motifs is 4. The van der Waals surface area contributed by atoms with E-state index in [9.17, 15) is 24.0 Å². The third kappa shape index (κ3) is 24.9. The van der Waals surface area contributed by atoms with Crippen LogP contribution in [0.4, 0.5) is 47.8 Å². The van der Waals surface area contributed by atoms with Gasteiger partial charge in [0.1, 0.15) is 27.7 Å². The van der Waals surface area contributed by atoms with E-state index in [1.165, 1.54) is 0 Å². The number of benzene rings is 4. The predicted molar refractivity (Wildman–Crippen MR) is 531 cm³/mol. The molecule has 3 saturated heterocycles. The van der Waals surface area contributed by atoms with Gasteiger partial charge in [0.15, 0.2) is 23.3 Å². The van der Waals surface area contributed by atoms with Gasteiger partial charge >= 0.3 is 30.4 Å². The Morgan fingerprint density at radius 3 is 1.03 bits per heavy atom. The van der Waals surface area contributed by atoms with E-state index >= 15 is 0 Å². The Bertz CT molecular complexity index is 6750. The van der Waals surface area contributed by atoms with Crippen LogP contribution in [0.1, 0.15) is 71.2 Å². The molecule has 0 spiro atoms. The first-order chi connectivity index (χ1) is 69.0. The van der Waals surface area contributed by atoms with Crippen LogP contribution in [-0.4, -0.2) is 291 Å². The molecule has 12 aromatic heterocycles. The summed E-state index contributed by atoms with van der Waals surface area (Å²) in [6, 6.07) is 34.6. The average molecular weight is 1930 g/mol. The Morgan fingerprint density at radius 1 is 0.394 bits per heavy atom. The van der Waals surface area contributed by atoms with E-state index < -0.39 is 23.9 Å². The molecule has 6 amide bonds. The maximum atomic E-state index is 12.4. The lowest BCUT2D eigenvalue weighted by Crippen LogP contribution is -2.49. The van der Waals surface area contributed by atoms with E-state index in [2.05, 4.69) is 132 Å². The summed E-state index contributed by atoms with van der Waals surface area (Å²) in [7, 11) is 6.87. The number of nitrogens with one attached hydrogen (secondary N) is 9. The number of aromatic nitrogens is 21. The number of carbonyl (C=O) groups excluding carboxylic acids is 5. The smallest absolute Gasteiger partial charge is 0.413 e. The number of imidazole rings is 5. The molecule has 0 aliphatic carbocycles. The topological polar surface area (TPSA) is 507 Å². The number of H-pyrrole nitrogens is 4. The monoisotopic (exact) mass is 1930 g/mol. The Kier molecular flexibility index (Phi) is 32.1. The number of likely N-dealkylation sites (tertiary alicyclic amines) is 2. The maximum Gasteiger partial charge on any atom is 0.413 e. The van der Waals surface area contributed by atoms with Gasteiger partial charge in [0.2, 0.25) is 23.8 Å². The van der Waals surface area contributed by atoms with Crippen molar-refractivity contribution in [3.63, 3.8) is 0 Å². The Balaban J connectivity index is 0.000000137. The van der Waals surface area contributed by atoms with Crippen molar-refractivity contribution in [2.45, 2.75) is 105 Å². The van der Waals surface area contributed by atoms with E-state index in [-0.39, 0.29) is 68.3 Å². The number of pyridine rings is 3. The summed E-state index contributed by atoms with van der Waals surface area (Å²) in [5.74, 6) is 3.32. The minimum Gasteiger partial charge on any atom is -0.450 e. The first-order valence-corrected chi connectivity index (χ1v) is 46.2. The van der Waals surface area contributed by atoms with Crippen LogP contribution in [0.5, 0.6) is 0 Å². The van der Waals surface area contributed by atoms with Gasteiger partial charge < -0.3 is 72.6 Å². The van der Waals surface area contributed by atoms with Crippen LogP contribution in [0.25, 0.3) is 129 Å². The third-order valence-electron chi connectivity index (χ3n) is 23.1. The van der Waals surface area contributed by atoms with Crippen molar-refractivity contribution in [2.75, 3.05) is 128 Å². The van der Waals surface area contributed by atoms with Crippen molar-refractivity contribution in [3.8, 4) is 84.6 Å². The first kappa shape index (κ1) is 98.8. The molecule has 3 fully saturated rings. The second-order valence-corrected chi connectivity index (χ2v) is 34.1. The Hall–Kier alpha value is -16.2. The SMILES string of the molecule is CCNC(=O)Nc1nc2c(-c3ncccn3)cc(-c3ccc(CN4C[C@@H](OC)[C@H](OC)C4)nc3)cc2[nH]1.CCOC(=O)Nc1nc2c(-c3ncccn3)cc(-c3ccc(CN4CCN(C(=O)OC(C)(C)C)CC4)nc3)cc2[nH]1.CCOC(=O)Nc1nc2c(-c3ncccn3)cc(-c3ccc(CN4C[C@@H](OC)[C@H](OC)C4)nc3)cc2[nH]1.CCOC(=O)Nc1nc2c(-c3ncccn3)cc(-n3cnc(C)c3)cc2[nH]1. The third-order valence-corrected chi connectivity index (χ3v) is 23.1. The van der Waals surface area contributed by atoms with Crippen LogP contribution in [0, 0.1) is 6.92 Å². The number of hydrogen-bond donors (Lipinski definition) is 9. The lowest BCUT2D eigenvalue weighted by atomic mass is 10.0. The lowest BCUT2D eigenvalue weighted by molar-refractivity contribution is -0.00461. The van der Waals surface area contributed by atoms with Gasteiger partial charge in [0.25, 0.3) is 0 Å². The predicted octanol–water partition coefficient (Wildman–Crippen LogP) is 14.4. The van der Waals surface area contributed by atoms with Crippen LogP contribution in [0.15, 0.2) is 190 Å². The number of urea groups is 1. The average Bonchev–Trinajstić information content (AvgIpc) is 1.64. The Labute approximate surface area is 816 Å². The highest BCUT2D eigenvalue weighted by Gasteiger charge is 2.35. The van der Waals surface area contributed by atoms with Gasteiger partial charge in [-0.15, -0.1) is 0 Å².